The molecule has 0 atom stereocenters. The van der Waals surface area contributed by atoms with Crippen molar-refractivity contribution in [1.29, 1.82) is 0 Å². The van der Waals surface area contributed by atoms with Crippen molar-refractivity contribution in [3.63, 3.8) is 0 Å². The summed E-state index contributed by atoms with van der Waals surface area (Å²) < 4.78 is 1.38. The number of pyridine rings is 1. The van der Waals surface area contributed by atoms with E-state index in [0.29, 0.717) is 19.0 Å². The molecule has 2 rings (SSSR count). The van der Waals surface area contributed by atoms with Crippen molar-refractivity contribution in [3.8, 4) is 0 Å². The van der Waals surface area contributed by atoms with Crippen LogP contribution in [0, 0.1) is 13.8 Å². The Morgan fingerprint density at radius 1 is 1.32 bits per heavy atom. The van der Waals surface area contributed by atoms with Gasteiger partial charge in [0.15, 0.2) is 0 Å². The van der Waals surface area contributed by atoms with Gasteiger partial charge in [-0.1, -0.05) is 6.92 Å². The minimum Gasteiger partial charge on any atom is -0.384 e. The third-order valence-electron chi connectivity index (χ3n) is 3.83. The van der Waals surface area contributed by atoms with Crippen LogP contribution in [0.15, 0.2) is 12.3 Å². The van der Waals surface area contributed by atoms with Gasteiger partial charge in [0.05, 0.1) is 18.4 Å². The highest BCUT2D eigenvalue weighted by molar-refractivity contribution is 6.05. The monoisotopic (exact) mass is 345 g/mol. The Balaban J connectivity index is 2.19. The number of nitrogens with one attached hydrogen (secondary N) is 2. The van der Waals surface area contributed by atoms with Gasteiger partial charge in [-0.2, -0.15) is 5.10 Å². The number of carbonyl (C=O) groups excluding carboxylic acids is 2. The lowest BCUT2D eigenvalue weighted by atomic mass is 10.1. The van der Waals surface area contributed by atoms with E-state index in [9.17, 15) is 9.59 Å². The molecule has 134 valence electrons. The smallest absolute Gasteiger partial charge is 0.267 e. The first-order chi connectivity index (χ1) is 11.8. The first kappa shape index (κ1) is 18.4. The summed E-state index contributed by atoms with van der Waals surface area (Å²) in [6, 6.07) is 1.75. The molecular weight excluding hydrogens is 322 g/mol. The molecule has 2 heterocycles. The fraction of sp³-hybridized carbons (Fsp3) is 0.375. The van der Waals surface area contributed by atoms with Crippen LogP contribution in [-0.2, 0) is 13.2 Å². The van der Waals surface area contributed by atoms with Crippen LogP contribution in [-0.4, -0.2) is 33.1 Å². The Kier molecular flexibility index (Phi) is 5.71. The predicted octanol–water partition coefficient (Wildman–Crippen LogP) is 0.0730. The fourth-order valence-electron chi connectivity index (χ4n) is 2.57. The van der Waals surface area contributed by atoms with Crippen molar-refractivity contribution in [3.05, 3.63) is 40.3 Å². The SMILES string of the molecule is CCNCn1ncc(C(=O)NCc2c(C)cc(N)nc2C)c1C(N)=O. The average molecular weight is 345 g/mol. The van der Waals surface area contributed by atoms with Gasteiger partial charge in [0, 0.05) is 12.2 Å². The number of amides is 2. The highest BCUT2D eigenvalue weighted by Crippen LogP contribution is 2.15. The highest BCUT2D eigenvalue weighted by atomic mass is 16.2. The van der Waals surface area contributed by atoms with Gasteiger partial charge in [0.25, 0.3) is 11.8 Å². The van der Waals surface area contributed by atoms with Gasteiger partial charge in [-0.25, -0.2) is 9.67 Å². The van der Waals surface area contributed by atoms with E-state index in [1.165, 1.54) is 10.9 Å². The summed E-state index contributed by atoms with van der Waals surface area (Å²) in [6.45, 7) is 6.90. The molecular formula is C16H23N7O2. The van der Waals surface area contributed by atoms with Crippen molar-refractivity contribution in [2.24, 2.45) is 5.73 Å². The molecule has 2 aromatic rings. The van der Waals surface area contributed by atoms with Crippen molar-refractivity contribution >= 4 is 17.6 Å². The van der Waals surface area contributed by atoms with E-state index in [2.05, 4.69) is 20.7 Å². The van der Waals surface area contributed by atoms with Crippen molar-refractivity contribution in [2.75, 3.05) is 12.3 Å². The molecule has 6 N–H and O–H groups in total. The Labute approximate surface area is 145 Å². The van der Waals surface area contributed by atoms with Crippen molar-refractivity contribution in [2.45, 2.75) is 34.0 Å². The van der Waals surface area contributed by atoms with Crippen molar-refractivity contribution < 1.29 is 9.59 Å². The number of anilines is 1. The molecule has 0 aliphatic heterocycles. The van der Waals surface area contributed by atoms with Crippen LogP contribution in [0.5, 0.6) is 0 Å². The lowest BCUT2D eigenvalue weighted by molar-refractivity contribution is 0.0930. The summed E-state index contributed by atoms with van der Waals surface area (Å²) in [4.78, 5) is 28.4. The van der Waals surface area contributed by atoms with Gasteiger partial charge < -0.3 is 16.8 Å². The molecule has 0 fully saturated rings. The number of hydrogen-bond acceptors (Lipinski definition) is 6. The molecule has 0 spiro atoms. The number of nitrogens with zero attached hydrogens (tertiary/aromatic N) is 3. The Bertz CT molecular complexity index is 775. The molecule has 0 aliphatic carbocycles. The predicted molar refractivity (Wildman–Crippen MR) is 93.7 cm³/mol. The van der Waals surface area contributed by atoms with Crippen LogP contribution in [0.2, 0.25) is 0 Å². The standard InChI is InChI=1S/C16H23N7O2/c1-4-19-8-23-14(15(18)24)12(7-21-23)16(25)20-6-11-9(2)5-13(17)22-10(11)3/h5,7,19H,4,6,8H2,1-3H3,(H2,17,22)(H2,18,24)(H,20,25). The summed E-state index contributed by atoms with van der Waals surface area (Å²) >= 11 is 0. The molecule has 9 heteroatoms. The minimum atomic E-state index is -0.706. The van der Waals surface area contributed by atoms with Crippen LogP contribution < -0.4 is 22.1 Å². The van der Waals surface area contributed by atoms with Crippen LogP contribution in [0.1, 0.15) is 44.6 Å². The maximum absolute atomic E-state index is 12.5. The zero-order valence-corrected chi connectivity index (χ0v) is 14.6. The number of nitrogens with two attached hydrogens (primary N) is 2. The van der Waals surface area contributed by atoms with E-state index in [1.807, 2.05) is 20.8 Å². The van der Waals surface area contributed by atoms with Gasteiger partial charge in [-0.15, -0.1) is 0 Å². The molecule has 0 radical (unpaired) electrons. The van der Waals surface area contributed by atoms with Crippen LogP contribution >= 0.6 is 0 Å². The van der Waals surface area contributed by atoms with Gasteiger partial charge in [-0.3, -0.25) is 14.9 Å². The number of hydrogen-bond donors (Lipinski definition) is 4. The number of carbonyl (C=O) groups is 2. The molecule has 0 aliphatic rings. The summed E-state index contributed by atoms with van der Waals surface area (Å²) in [5.74, 6) is -0.694. The Morgan fingerprint density at radius 2 is 2.04 bits per heavy atom. The van der Waals surface area contributed by atoms with Crippen molar-refractivity contribution in [1.82, 2.24) is 25.4 Å². The Hall–Kier alpha value is -2.94. The van der Waals surface area contributed by atoms with Crippen LogP contribution in [0.4, 0.5) is 5.82 Å². The second-order valence-electron chi connectivity index (χ2n) is 5.64. The van der Waals surface area contributed by atoms with E-state index in [0.717, 1.165) is 16.8 Å². The molecule has 9 nitrogen and oxygen atoms in total. The zero-order valence-electron chi connectivity index (χ0n) is 14.6. The maximum atomic E-state index is 12.5. The number of nitrogen functional groups attached to an aromatic ring is 1. The van der Waals surface area contributed by atoms with Gasteiger partial charge >= 0.3 is 0 Å². The zero-order chi connectivity index (χ0) is 18.6. The maximum Gasteiger partial charge on any atom is 0.267 e. The second-order valence-corrected chi connectivity index (χ2v) is 5.64. The molecule has 2 amide bonds. The minimum absolute atomic E-state index is 0.0716. The molecule has 0 aromatic carbocycles. The molecule has 0 bridgehead atoms. The third-order valence-corrected chi connectivity index (χ3v) is 3.83. The van der Waals surface area contributed by atoms with Gasteiger partial charge in [0.2, 0.25) is 0 Å². The first-order valence-corrected chi connectivity index (χ1v) is 7.92. The van der Waals surface area contributed by atoms with E-state index in [4.69, 9.17) is 11.5 Å². The summed E-state index contributed by atoms with van der Waals surface area (Å²) in [6.07, 6.45) is 1.34. The van der Waals surface area contributed by atoms with Gasteiger partial charge in [0.1, 0.15) is 11.5 Å². The van der Waals surface area contributed by atoms with E-state index < -0.39 is 11.8 Å². The van der Waals surface area contributed by atoms with Gasteiger partial charge in [-0.05, 0) is 37.6 Å². The largest absolute Gasteiger partial charge is 0.384 e. The topological polar surface area (TPSA) is 141 Å². The van der Waals surface area contributed by atoms with Crippen LogP contribution in [0.25, 0.3) is 0 Å². The summed E-state index contributed by atoms with van der Waals surface area (Å²) in [7, 11) is 0. The number of aromatic nitrogens is 3. The molecule has 0 saturated carbocycles. The summed E-state index contributed by atoms with van der Waals surface area (Å²) in [5.41, 5.74) is 13.9. The molecule has 0 saturated heterocycles. The quantitative estimate of drug-likeness (QED) is 0.560. The normalized spacial score (nSPS) is 10.7. The first-order valence-electron chi connectivity index (χ1n) is 7.92. The third kappa shape index (κ3) is 4.13. The van der Waals surface area contributed by atoms with E-state index in [-0.39, 0.29) is 17.8 Å². The van der Waals surface area contributed by atoms with E-state index >= 15 is 0 Å². The highest BCUT2D eigenvalue weighted by Gasteiger charge is 2.21. The molecule has 2 aromatic heterocycles. The lowest BCUT2D eigenvalue weighted by Gasteiger charge is -2.11. The molecule has 25 heavy (non-hydrogen) atoms. The molecule has 0 unspecified atom stereocenters. The number of rotatable bonds is 7. The number of aryl methyl sites for hydroxylation is 2. The Morgan fingerprint density at radius 3 is 2.64 bits per heavy atom. The summed E-state index contributed by atoms with van der Waals surface area (Å²) in [5, 5.41) is 9.87. The van der Waals surface area contributed by atoms with Crippen LogP contribution in [0.3, 0.4) is 0 Å². The second kappa shape index (κ2) is 7.75. The average Bonchev–Trinajstić information content (AvgIpc) is 2.95. The fourth-order valence-corrected chi connectivity index (χ4v) is 2.57. The van der Waals surface area contributed by atoms with E-state index in [1.54, 1.807) is 6.07 Å². The number of primary amides is 1. The lowest BCUT2D eigenvalue weighted by Crippen LogP contribution is -2.29.